The average Bonchev–Trinajstić information content (AvgIpc) is 2.95. The maximum absolute atomic E-state index is 12.2. The lowest BCUT2D eigenvalue weighted by atomic mass is 10.1. The molecule has 0 aliphatic rings. The molecule has 0 aliphatic carbocycles. The fourth-order valence-electron chi connectivity index (χ4n) is 3.74. The Morgan fingerprint density at radius 1 is 0.732 bits per heavy atom. The van der Waals surface area contributed by atoms with Crippen LogP contribution >= 0.6 is 0 Å². The Labute approximate surface area is 240 Å². The minimum Gasteiger partial charge on any atom is -0.493 e. The van der Waals surface area contributed by atoms with Crippen LogP contribution in [-0.2, 0) is 14.3 Å². The van der Waals surface area contributed by atoms with Crippen LogP contribution in [0.15, 0.2) is 72.8 Å². The molecule has 3 rings (SSSR count). The lowest BCUT2D eigenvalue weighted by molar-refractivity contribution is -0.134. The van der Waals surface area contributed by atoms with E-state index in [-0.39, 0.29) is 12.6 Å². The van der Waals surface area contributed by atoms with Crippen molar-refractivity contribution in [1.29, 1.82) is 0 Å². The molecule has 9 heteroatoms. The standard InChI is InChI=1S/C32H36N2O7/c1-2-3-4-5-7-30(35)40-28-13-15-29(16-14-28)41-31(36)17-10-23-8-11-27(12-9-23)38-18-6-19-39-32(37)24-20-25(33)22-26(34)21-24/h8-17,20-22H,2-7,18-19,33-34H2,1H3/b17-10+. The molecule has 0 spiro atoms. The Morgan fingerprint density at radius 2 is 1.37 bits per heavy atom. The number of carbonyl (C=O) groups is 3. The molecule has 0 aromatic heterocycles. The van der Waals surface area contributed by atoms with Gasteiger partial charge >= 0.3 is 17.9 Å². The summed E-state index contributed by atoms with van der Waals surface area (Å²) in [7, 11) is 0. The molecule has 0 unspecified atom stereocenters. The Bertz CT molecular complexity index is 1300. The number of unbranched alkanes of at least 4 members (excludes halogenated alkanes) is 3. The number of carbonyl (C=O) groups excluding carboxylic acids is 3. The maximum Gasteiger partial charge on any atom is 0.338 e. The maximum atomic E-state index is 12.2. The third kappa shape index (κ3) is 11.5. The van der Waals surface area contributed by atoms with Gasteiger partial charge in [-0.3, -0.25) is 4.79 Å². The Balaban J connectivity index is 1.34. The van der Waals surface area contributed by atoms with E-state index in [0.29, 0.717) is 53.6 Å². The number of nitrogens with two attached hydrogens (primary N) is 2. The van der Waals surface area contributed by atoms with Gasteiger partial charge in [-0.2, -0.15) is 0 Å². The zero-order valence-corrected chi connectivity index (χ0v) is 23.2. The average molecular weight is 561 g/mol. The number of esters is 3. The van der Waals surface area contributed by atoms with Crippen molar-refractivity contribution in [3.63, 3.8) is 0 Å². The van der Waals surface area contributed by atoms with E-state index in [1.54, 1.807) is 60.7 Å². The van der Waals surface area contributed by atoms with Crippen LogP contribution in [0.5, 0.6) is 17.2 Å². The normalized spacial score (nSPS) is 10.8. The molecule has 0 atom stereocenters. The minimum atomic E-state index is -0.540. The monoisotopic (exact) mass is 560 g/mol. The second-order valence-corrected chi connectivity index (χ2v) is 9.31. The molecule has 41 heavy (non-hydrogen) atoms. The molecule has 0 aliphatic heterocycles. The molecule has 0 amide bonds. The van der Waals surface area contributed by atoms with Gasteiger partial charge in [0.2, 0.25) is 0 Å². The molecule has 0 fully saturated rings. The highest BCUT2D eigenvalue weighted by molar-refractivity contribution is 5.91. The Morgan fingerprint density at radius 3 is 2.02 bits per heavy atom. The van der Waals surface area contributed by atoms with Gasteiger partial charge in [0.05, 0.1) is 18.8 Å². The largest absolute Gasteiger partial charge is 0.493 e. The molecule has 0 saturated heterocycles. The zero-order chi connectivity index (χ0) is 29.5. The van der Waals surface area contributed by atoms with Gasteiger partial charge in [-0.25, -0.2) is 9.59 Å². The second kappa shape index (κ2) is 16.3. The van der Waals surface area contributed by atoms with Crippen LogP contribution in [0.4, 0.5) is 11.4 Å². The smallest absolute Gasteiger partial charge is 0.338 e. The molecule has 0 bridgehead atoms. The summed E-state index contributed by atoms with van der Waals surface area (Å²) < 4.78 is 21.5. The van der Waals surface area contributed by atoms with E-state index in [2.05, 4.69) is 6.92 Å². The van der Waals surface area contributed by atoms with Crippen molar-refractivity contribution in [2.24, 2.45) is 0 Å². The summed E-state index contributed by atoms with van der Waals surface area (Å²) in [6.45, 7) is 2.65. The van der Waals surface area contributed by atoms with Crippen LogP contribution in [0.25, 0.3) is 6.08 Å². The van der Waals surface area contributed by atoms with E-state index < -0.39 is 11.9 Å². The molecule has 0 saturated carbocycles. The number of anilines is 2. The predicted molar refractivity (Wildman–Crippen MR) is 158 cm³/mol. The summed E-state index contributed by atoms with van der Waals surface area (Å²) in [5.41, 5.74) is 13.3. The lowest BCUT2D eigenvalue weighted by Crippen LogP contribution is -2.10. The van der Waals surface area contributed by atoms with Gasteiger partial charge in [-0.15, -0.1) is 0 Å². The van der Waals surface area contributed by atoms with Gasteiger partial charge in [0.25, 0.3) is 0 Å². The fraction of sp³-hybridized carbons (Fsp3) is 0.281. The second-order valence-electron chi connectivity index (χ2n) is 9.31. The van der Waals surface area contributed by atoms with Crippen LogP contribution in [0.2, 0.25) is 0 Å². The van der Waals surface area contributed by atoms with Crippen molar-refractivity contribution in [3.8, 4) is 17.2 Å². The molecule has 0 radical (unpaired) electrons. The molecule has 9 nitrogen and oxygen atoms in total. The van der Waals surface area contributed by atoms with Crippen molar-refractivity contribution in [1.82, 2.24) is 0 Å². The van der Waals surface area contributed by atoms with Crippen molar-refractivity contribution in [2.45, 2.75) is 45.4 Å². The molecule has 3 aromatic carbocycles. The lowest BCUT2D eigenvalue weighted by Gasteiger charge is -2.08. The molecule has 0 heterocycles. The summed E-state index contributed by atoms with van der Waals surface area (Å²) in [6.07, 6.45) is 7.87. The van der Waals surface area contributed by atoms with Crippen molar-refractivity contribution in [2.75, 3.05) is 24.7 Å². The van der Waals surface area contributed by atoms with Crippen molar-refractivity contribution in [3.05, 3.63) is 83.9 Å². The summed E-state index contributed by atoms with van der Waals surface area (Å²) in [5.74, 6) is 0.0843. The molecular formula is C32H36N2O7. The van der Waals surface area contributed by atoms with E-state index >= 15 is 0 Å². The van der Waals surface area contributed by atoms with E-state index in [1.807, 2.05) is 0 Å². The van der Waals surface area contributed by atoms with Crippen molar-refractivity contribution >= 4 is 35.4 Å². The minimum absolute atomic E-state index is 0.184. The van der Waals surface area contributed by atoms with Crippen LogP contribution in [-0.4, -0.2) is 31.1 Å². The first-order valence-corrected chi connectivity index (χ1v) is 13.6. The van der Waals surface area contributed by atoms with Gasteiger partial charge in [-0.1, -0.05) is 38.3 Å². The third-order valence-corrected chi connectivity index (χ3v) is 5.80. The van der Waals surface area contributed by atoms with Gasteiger partial charge < -0.3 is 30.4 Å². The van der Waals surface area contributed by atoms with Crippen LogP contribution in [0.1, 0.15) is 61.4 Å². The fourth-order valence-corrected chi connectivity index (χ4v) is 3.74. The number of rotatable bonds is 15. The summed E-state index contributed by atoms with van der Waals surface area (Å²) >= 11 is 0. The first-order chi connectivity index (χ1) is 19.8. The number of hydrogen-bond donors (Lipinski definition) is 2. The topological polar surface area (TPSA) is 140 Å². The van der Waals surface area contributed by atoms with Crippen LogP contribution in [0.3, 0.4) is 0 Å². The SMILES string of the molecule is CCCCCCC(=O)Oc1ccc(OC(=O)/C=C/c2ccc(OCCCOC(=O)c3cc(N)cc(N)c3)cc2)cc1. The number of benzene rings is 3. The number of hydrogen-bond acceptors (Lipinski definition) is 9. The summed E-state index contributed by atoms with van der Waals surface area (Å²) in [5, 5.41) is 0. The van der Waals surface area contributed by atoms with Gasteiger partial charge in [-0.05, 0) is 72.7 Å². The first kappa shape index (κ1) is 30.7. The zero-order valence-electron chi connectivity index (χ0n) is 23.2. The predicted octanol–water partition coefficient (Wildman–Crippen LogP) is 5.97. The summed E-state index contributed by atoms with van der Waals surface area (Å²) in [6, 6.07) is 18.1. The quantitative estimate of drug-likeness (QED) is 0.0756. The van der Waals surface area contributed by atoms with E-state index in [1.165, 1.54) is 18.2 Å². The highest BCUT2D eigenvalue weighted by Gasteiger charge is 2.09. The van der Waals surface area contributed by atoms with Crippen LogP contribution in [0, 0.1) is 0 Å². The molecule has 4 N–H and O–H groups in total. The third-order valence-electron chi connectivity index (χ3n) is 5.80. The van der Waals surface area contributed by atoms with E-state index in [0.717, 1.165) is 31.2 Å². The highest BCUT2D eigenvalue weighted by Crippen LogP contribution is 2.20. The van der Waals surface area contributed by atoms with Crippen molar-refractivity contribution < 1.29 is 33.3 Å². The first-order valence-electron chi connectivity index (χ1n) is 13.6. The van der Waals surface area contributed by atoms with E-state index in [9.17, 15) is 14.4 Å². The number of ether oxygens (including phenoxy) is 4. The molecular weight excluding hydrogens is 524 g/mol. The van der Waals surface area contributed by atoms with E-state index in [4.69, 9.17) is 30.4 Å². The highest BCUT2D eigenvalue weighted by atomic mass is 16.5. The molecule has 3 aromatic rings. The number of nitrogen functional groups attached to an aromatic ring is 2. The summed E-state index contributed by atoms with van der Waals surface area (Å²) in [4.78, 5) is 36.2. The van der Waals surface area contributed by atoms with Gasteiger partial charge in [0.1, 0.15) is 17.2 Å². The Hall–Kier alpha value is -4.79. The van der Waals surface area contributed by atoms with Crippen LogP contribution < -0.4 is 25.7 Å². The van der Waals surface area contributed by atoms with Gasteiger partial charge in [0, 0.05) is 30.3 Å². The Kier molecular flexibility index (Phi) is 12.3. The molecule has 216 valence electrons. The van der Waals surface area contributed by atoms with Gasteiger partial charge in [0.15, 0.2) is 0 Å².